The molecule has 0 spiro atoms. The molecule has 1 N–H and O–H groups in total. The molecule has 1 aromatic carbocycles. The van der Waals surface area contributed by atoms with Gasteiger partial charge in [0.1, 0.15) is 0 Å². The van der Waals surface area contributed by atoms with E-state index in [-0.39, 0.29) is 17.5 Å². The average Bonchev–Trinajstić information content (AvgIpc) is 3.40. The highest BCUT2D eigenvalue weighted by Gasteiger charge is 2.36. The van der Waals surface area contributed by atoms with Gasteiger partial charge in [0, 0.05) is 44.1 Å². The lowest BCUT2D eigenvalue weighted by atomic mass is 9.74. The highest BCUT2D eigenvalue weighted by atomic mass is 16.5. The number of amides is 2. The van der Waals surface area contributed by atoms with E-state index in [1.165, 1.54) is 5.56 Å². The van der Waals surface area contributed by atoms with Crippen LogP contribution < -0.4 is 5.32 Å². The van der Waals surface area contributed by atoms with Gasteiger partial charge in [0.25, 0.3) is 0 Å². The maximum atomic E-state index is 13.0. The second-order valence-corrected chi connectivity index (χ2v) is 7.63. The molecule has 6 nitrogen and oxygen atoms in total. The summed E-state index contributed by atoms with van der Waals surface area (Å²) in [6, 6.07) is 12.7. The molecule has 2 amide bonds. The van der Waals surface area contributed by atoms with Crippen molar-refractivity contribution in [2.24, 2.45) is 0 Å². The molecule has 144 valence electrons. The summed E-state index contributed by atoms with van der Waals surface area (Å²) in [7, 11) is 0. The molecule has 0 radical (unpaired) electrons. The summed E-state index contributed by atoms with van der Waals surface area (Å²) >= 11 is 0. The molecule has 2 aliphatic rings. The predicted octanol–water partition coefficient (Wildman–Crippen LogP) is 2.81. The van der Waals surface area contributed by atoms with Crippen LogP contribution in [-0.2, 0) is 16.7 Å². The van der Waals surface area contributed by atoms with Crippen molar-refractivity contribution < 1.29 is 9.53 Å². The number of ether oxygens (including phenoxy) is 1. The highest BCUT2D eigenvalue weighted by Crippen LogP contribution is 2.34. The molecule has 3 heterocycles. The zero-order valence-corrected chi connectivity index (χ0v) is 15.7. The van der Waals surface area contributed by atoms with E-state index in [0.717, 1.165) is 52.0 Å². The lowest BCUT2D eigenvalue weighted by Crippen LogP contribution is -2.50. The van der Waals surface area contributed by atoms with Crippen LogP contribution in [-0.4, -0.2) is 53.1 Å². The minimum atomic E-state index is -0.0353. The Labute approximate surface area is 160 Å². The summed E-state index contributed by atoms with van der Waals surface area (Å²) < 4.78 is 7.51. The molecule has 4 rings (SSSR count). The zero-order valence-electron chi connectivity index (χ0n) is 15.7. The zero-order chi connectivity index (χ0) is 18.5. The molecular formula is C21H28N4O2. The summed E-state index contributed by atoms with van der Waals surface area (Å²) in [6.45, 7) is 3.73. The number of rotatable bonds is 5. The lowest BCUT2D eigenvalue weighted by Gasteiger charge is -2.38. The number of hydrogen-bond acceptors (Lipinski definition) is 3. The highest BCUT2D eigenvalue weighted by molar-refractivity contribution is 5.75. The Bertz CT molecular complexity index is 726. The summed E-state index contributed by atoms with van der Waals surface area (Å²) in [5, 5.41) is 7.53. The van der Waals surface area contributed by atoms with Gasteiger partial charge in [0.15, 0.2) is 0 Å². The van der Waals surface area contributed by atoms with Crippen LogP contribution in [0.1, 0.15) is 31.2 Å². The van der Waals surface area contributed by atoms with E-state index in [2.05, 4.69) is 34.7 Å². The molecule has 2 saturated heterocycles. The van der Waals surface area contributed by atoms with Crippen LogP contribution in [0.2, 0.25) is 0 Å². The normalized spacial score (nSPS) is 21.9. The van der Waals surface area contributed by atoms with Crippen LogP contribution in [0.15, 0.2) is 48.8 Å². The number of carbonyl (C=O) groups excluding carboxylic acids is 1. The first-order valence-corrected chi connectivity index (χ1v) is 9.92. The Hall–Kier alpha value is -2.34. The molecule has 0 aliphatic carbocycles. The van der Waals surface area contributed by atoms with Crippen LogP contribution in [0, 0.1) is 0 Å². The molecule has 1 aromatic heterocycles. The molecule has 2 aliphatic heterocycles. The van der Waals surface area contributed by atoms with E-state index in [4.69, 9.17) is 4.74 Å². The van der Waals surface area contributed by atoms with Crippen molar-refractivity contribution in [3.63, 3.8) is 0 Å². The number of aromatic nitrogens is 2. The second-order valence-electron chi connectivity index (χ2n) is 7.63. The molecule has 0 saturated carbocycles. The minimum absolute atomic E-state index is 0.0353. The van der Waals surface area contributed by atoms with Gasteiger partial charge in [-0.05, 0) is 37.3 Å². The predicted molar refractivity (Wildman–Crippen MR) is 104 cm³/mol. The van der Waals surface area contributed by atoms with Crippen molar-refractivity contribution in [1.29, 1.82) is 0 Å². The van der Waals surface area contributed by atoms with Gasteiger partial charge < -0.3 is 15.0 Å². The smallest absolute Gasteiger partial charge is 0.317 e. The van der Waals surface area contributed by atoms with E-state index in [9.17, 15) is 4.79 Å². The van der Waals surface area contributed by atoms with Gasteiger partial charge in [-0.25, -0.2) is 4.79 Å². The van der Waals surface area contributed by atoms with Crippen LogP contribution >= 0.6 is 0 Å². The fourth-order valence-corrected chi connectivity index (χ4v) is 4.38. The summed E-state index contributed by atoms with van der Waals surface area (Å²) in [4.78, 5) is 14.9. The average molecular weight is 368 g/mol. The topological polar surface area (TPSA) is 59.4 Å². The summed E-state index contributed by atoms with van der Waals surface area (Å²) in [5.41, 5.74) is 1.26. The van der Waals surface area contributed by atoms with E-state index in [1.807, 2.05) is 27.9 Å². The van der Waals surface area contributed by atoms with E-state index in [1.54, 1.807) is 6.20 Å². The fourth-order valence-electron chi connectivity index (χ4n) is 4.38. The van der Waals surface area contributed by atoms with Crippen molar-refractivity contribution in [2.75, 3.05) is 26.3 Å². The van der Waals surface area contributed by atoms with E-state index >= 15 is 0 Å². The first kappa shape index (κ1) is 18.0. The van der Waals surface area contributed by atoms with Gasteiger partial charge in [-0.1, -0.05) is 30.3 Å². The van der Waals surface area contributed by atoms with Gasteiger partial charge in [0.05, 0.1) is 12.6 Å². The SMILES string of the molecule is O=C(NCC1(c2ccccc2)CCOCC1)N1CCC[C@@H]1Cn1cccn1. The van der Waals surface area contributed by atoms with E-state index in [0.29, 0.717) is 6.54 Å². The van der Waals surface area contributed by atoms with Crippen LogP contribution in [0.5, 0.6) is 0 Å². The van der Waals surface area contributed by atoms with Crippen LogP contribution in [0.4, 0.5) is 4.79 Å². The molecule has 27 heavy (non-hydrogen) atoms. The Balaban J connectivity index is 1.42. The third kappa shape index (κ3) is 4.00. The number of carbonyl (C=O) groups is 1. The van der Waals surface area contributed by atoms with Crippen molar-refractivity contribution in [3.8, 4) is 0 Å². The number of urea groups is 1. The van der Waals surface area contributed by atoms with Gasteiger partial charge in [-0.15, -0.1) is 0 Å². The van der Waals surface area contributed by atoms with Gasteiger partial charge in [-0.2, -0.15) is 5.10 Å². The molecule has 0 bridgehead atoms. The number of benzene rings is 1. The number of likely N-dealkylation sites (tertiary alicyclic amines) is 1. The summed E-state index contributed by atoms with van der Waals surface area (Å²) in [5.74, 6) is 0. The Morgan fingerprint density at radius 2 is 2.04 bits per heavy atom. The third-order valence-corrected chi connectivity index (χ3v) is 6.01. The van der Waals surface area contributed by atoms with Gasteiger partial charge in [-0.3, -0.25) is 4.68 Å². The van der Waals surface area contributed by atoms with Crippen molar-refractivity contribution >= 4 is 6.03 Å². The summed E-state index contributed by atoms with van der Waals surface area (Å²) in [6.07, 6.45) is 7.71. The van der Waals surface area contributed by atoms with E-state index < -0.39 is 0 Å². The number of hydrogen-bond donors (Lipinski definition) is 1. The largest absolute Gasteiger partial charge is 0.381 e. The lowest BCUT2D eigenvalue weighted by molar-refractivity contribution is 0.0500. The minimum Gasteiger partial charge on any atom is -0.381 e. The van der Waals surface area contributed by atoms with Crippen molar-refractivity contribution in [1.82, 2.24) is 20.0 Å². The monoisotopic (exact) mass is 368 g/mol. The molecule has 2 aromatic rings. The standard InChI is InChI=1S/C21H28N4O2/c26-20(25-13-4-8-19(25)16-24-12-5-11-23-24)22-17-21(9-14-27-15-10-21)18-6-2-1-3-7-18/h1-3,5-7,11-12,19H,4,8-10,13-17H2,(H,22,26)/t19-/m1/s1. The Morgan fingerprint density at radius 3 is 2.78 bits per heavy atom. The van der Waals surface area contributed by atoms with Crippen molar-refractivity contribution in [3.05, 3.63) is 54.4 Å². The molecule has 2 fully saturated rings. The fraction of sp³-hybridized carbons (Fsp3) is 0.524. The molecule has 6 heteroatoms. The van der Waals surface area contributed by atoms with Crippen LogP contribution in [0.3, 0.4) is 0 Å². The van der Waals surface area contributed by atoms with Crippen LogP contribution in [0.25, 0.3) is 0 Å². The first-order chi connectivity index (χ1) is 13.3. The second kappa shape index (κ2) is 8.13. The Kier molecular flexibility index (Phi) is 5.43. The number of nitrogens with zero attached hydrogens (tertiary/aromatic N) is 3. The quantitative estimate of drug-likeness (QED) is 0.883. The van der Waals surface area contributed by atoms with Gasteiger partial charge in [0.2, 0.25) is 0 Å². The first-order valence-electron chi connectivity index (χ1n) is 9.92. The van der Waals surface area contributed by atoms with Gasteiger partial charge >= 0.3 is 6.03 Å². The molecule has 0 unspecified atom stereocenters. The molecule has 1 atom stereocenters. The van der Waals surface area contributed by atoms with Crippen molar-refractivity contribution in [2.45, 2.75) is 43.7 Å². The number of nitrogens with one attached hydrogen (secondary N) is 1. The third-order valence-electron chi connectivity index (χ3n) is 6.01. The maximum Gasteiger partial charge on any atom is 0.317 e. The molecular weight excluding hydrogens is 340 g/mol. The Morgan fingerprint density at radius 1 is 1.22 bits per heavy atom. The maximum absolute atomic E-state index is 13.0.